The molecule has 0 bridgehead atoms. The number of carbonyl (C=O) groups is 1. The largest absolute Gasteiger partial charge is 0.387 e. The molecule has 0 aliphatic heterocycles. The van der Waals surface area contributed by atoms with E-state index < -0.39 is 5.91 Å². The van der Waals surface area contributed by atoms with Crippen LogP contribution in [0, 0.1) is 0 Å². The predicted octanol–water partition coefficient (Wildman–Crippen LogP) is 1.22. The molecule has 4 N–H and O–H groups in total. The molecule has 0 unspecified atom stereocenters. The van der Waals surface area contributed by atoms with Gasteiger partial charge in [0, 0.05) is 5.56 Å². The van der Waals surface area contributed by atoms with Crippen molar-refractivity contribution in [2.45, 2.75) is 6.92 Å². The first-order chi connectivity index (χ1) is 6.09. The quantitative estimate of drug-likeness (QED) is 0.572. The number of hydrogen-bond donors (Lipinski definition) is 2. The Hall–Kier alpha value is -1.55. The summed E-state index contributed by atoms with van der Waals surface area (Å²) in [6, 6.07) is 6.61. The number of benzene rings is 1. The minimum Gasteiger partial charge on any atom is -0.387 e. The Balaban J connectivity index is 0.00000169. The van der Waals surface area contributed by atoms with E-state index in [0.29, 0.717) is 17.1 Å². The molecule has 76 valence electrons. The van der Waals surface area contributed by atoms with Crippen LogP contribution < -0.4 is 11.5 Å². The number of hydrogen-bond acceptors (Lipinski definition) is 2. The predicted molar refractivity (Wildman–Crippen MR) is 59.2 cm³/mol. The SMILES string of the molecule is CC(N)=Nc1ccc(C(N)=O)cc1.Cl. The van der Waals surface area contributed by atoms with Crippen molar-refractivity contribution in [3.8, 4) is 0 Å². The van der Waals surface area contributed by atoms with Crippen molar-refractivity contribution in [2.24, 2.45) is 16.5 Å². The minimum atomic E-state index is -0.444. The highest BCUT2D eigenvalue weighted by Crippen LogP contribution is 2.12. The number of carbonyl (C=O) groups excluding carboxylic acids is 1. The van der Waals surface area contributed by atoms with Crippen LogP contribution in [0.5, 0.6) is 0 Å². The van der Waals surface area contributed by atoms with Crippen molar-refractivity contribution in [3.05, 3.63) is 29.8 Å². The summed E-state index contributed by atoms with van der Waals surface area (Å²) in [5, 5.41) is 0. The lowest BCUT2D eigenvalue weighted by Gasteiger charge is -1.96. The van der Waals surface area contributed by atoms with E-state index in [1.807, 2.05) is 0 Å². The molecule has 4 nitrogen and oxygen atoms in total. The van der Waals surface area contributed by atoms with Crippen LogP contribution in [-0.2, 0) is 0 Å². The average molecular weight is 214 g/mol. The van der Waals surface area contributed by atoms with Crippen LogP contribution in [-0.4, -0.2) is 11.7 Å². The van der Waals surface area contributed by atoms with Crippen LogP contribution in [0.3, 0.4) is 0 Å². The summed E-state index contributed by atoms with van der Waals surface area (Å²) in [5.41, 5.74) is 11.6. The van der Waals surface area contributed by atoms with Gasteiger partial charge in [-0.1, -0.05) is 0 Å². The molecule has 0 heterocycles. The molecule has 14 heavy (non-hydrogen) atoms. The molecule has 0 fully saturated rings. The molecule has 0 aliphatic rings. The standard InChI is InChI=1S/C9H11N3O.ClH/c1-6(10)12-8-4-2-7(3-5-8)9(11)13;/h2-5H,1H3,(H2,10,12)(H2,11,13);1H. The monoisotopic (exact) mass is 213 g/mol. The smallest absolute Gasteiger partial charge is 0.248 e. The van der Waals surface area contributed by atoms with Gasteiger partial charge in [-0.25, -0.2) is 4.99 Å². The molecular formula is C9H12ClN3O. The van der Waals surface area contributed by atoms with Gasteiger partial charge in [0.2, 0.25) is 5.91 Å². The van der Waals surface area contributed by atoms with E-state index in [1.165, 1.54) is 0 Å². The summed E-state index contributed by atoms with van der Waals surface area (Å²) in [6.45, 7) is 1.70. The van der Waals surface area contributed by atoms with Crippen LogP contribution in [0.2, 0.25) is 0 Å². The van der Waals surface area contributed by atoms with Gasteiger partial charge in [0.25, 0.3) is 0 Å². The normalized spacial score (nSPS) is 10.5. The molecule has 0 saturated carbocycles. The van der Waals surface area contributed by atoms with Gasteiger partial charge in [-0.05, 0) is 31.2 Å². The highest BCUT2D eigenvalue weighted by atomic mass is 35.5. The molecular weight excluding hydrogens is 202 g/mol. The first kappa shape index (κ1) is 12.4. The minimum absolute atomic E-state index is 0. The molecule has 0 aromatic heterocycles. The van der Waals surface area contributed by atoms with Crippen molar-refractivity contribution in [3.63, 3.8) is 0 Å². The van der Waals surface area contributed by atoms with E-state index in [9.17, 15) is 4.79 Å². The lowest BCUT2D eigenvalue weighted by molar-refractivity contribution is 0.100. The Morgan fingerprint density at radius 1 is 1.21 bits per heavy atom. The molecule has 1 amide bonds. The summed E-state index contributed by atoms with van der Waals surface area (Å²) in [5.74, 6) is 0.0341. The summed E-state index contributed by atoms with van der Waals surface area (Å²) in [4.78, 5) is 14.7. The van der Waals surface area contributed by atoms with Gasteiger partial charge in [0.1, 0.15) is 0 Å². The maximum atomic E-state index is 10.7. The third-order valence-electron chi connectivity index (χ3n) is 1.46. The van der Waals surface area contributed by atoms with Crippen LogP contribution in [0.15, 0.2) is 29.3 Å². The lowest BCUT2D eigenvalue weighted by atomic mass is 10.2. The second-order valence-corrected chi connectivity index (χ2v) is 2.66. The van der Waals surface area contributed by atoms with E-state index in [-0.39, 0.29) is 12.4 Å². The summed E-state index contributed by atoms with van der Waals surface area (Å²) in [6.07, 6.45) is 0. The highest BCUT2D eigenvalue weighted by molar-refractivity contribution is 5.93. The zero-order valence-electron chi connectivity index (χ0n) is 7.73. The van der Waals surface area contributed by atoms with Gasteiger partial charge in [0.05, 0.1) is 11.5 Å². The van der Waals surface area contributed by atoms with Gasteiger partial charge < -0.3 is 11.5 Å². The van der Waals surface area contributed by atoms with Crippen molar-refractivity contribution in [1.29, 1.82) is 0 Å². The third-order valence-corrected chi connectivity index (χ3v) is 1.46. The van der Waals surface area contributed by atoms with E-state index in [1.54, 1.807) is 31.2 Å². The van der Waals surface area contributed by atoms with Crippen LogP contribution >= 0.6 is 12.4 Å². The van der Waals surface area contributed by atoms with E-state index in [2.05, 4.69) is 4.99 Å². The summed E-state index contributed by atoms with van der Waals surface area (Å²) in [7, 11) is 0. The fraction of sp³-hybridized carbons (Fsp3) is 0.111. The molecule has 0 aliphatic carbocycles. The van der Waals surface area contributed by atoms with Gasteiger partial charge >= 0.3 is 0 Å². The molecule has 0 radical (unpaired) electrons. The third kappa shape index (κ3) is 3.45. The number of nitrogens with two attached hydrogens (primary N) is 2. The Bertz CT molecular complexity index is 342. The Morgan fingerprint density at radius 2 is 1.71 bits per heavy atom. The molecule has 0 atom stereocenters. The maximum absolute atomic E-state index is 10.7. The van der Waals surface area contributed by atoms with Gasteiger partial charge in [-0.3, -0.25) is 4.79 Å². The van der Waals surface area contributed by atoms with Crippen molar-refractivity contribution < 1.29 is 4.79 Å². The zero-order chi connectivity index (χ0) is 9.84. The number of amidine groups is 1. The van der Waals surface area contributed by atoms with Crippen LogP contribution in [0.1, 0.15) is 17.3 Å². The number of amides is 1. The Kier molecular flexibility index (Phi) is 4.66. The molecule has 0 saturated heterocycles. The number of aliphatic imine (C=N–C) groups is 1. The maximum Gasteiger partial charge on any atom is 0.248 e. The fourth-order valence-electron chi connectivity index (χ4n) is 0.904. The highest BCUT2D eigenvalue weighted by Gasteiger charge is 1.98. The van der Waals surface area contributed by atoms with Crippen molar-refractivity contribution in [1.82, 2.24) is 0 Å². The first-order valence-electron chi connectivity index (χ1n) is 3.80. The Morgan fingerprint density at radius 3 is 2.07 bits per heavy atom. The van der Waals surface area contributed by atoms with Crippen molar-refractivity contribution in [2.75, 3.05) is 0 Å². The average Bonchev–Trinajstić information content (AvgIpc) is 2.04. The van der Waals surface area contributed by atoms with Crippen molar-refractivity contribution >= 4 is 29.8 Å². The molecule has 1 rings (SSSR count). The van der Waals surface area contributed by atoms with Crippen LogP contribution in [0.4, 0.5) is 5.69 Å². The second kappa shape index (κ2) is 5.24. The molecule has 1 aromatic rings. The van der Waals surface area contributed by atoms with E-state index in [4.69, 9.17) is 11.5 Å². The van der Waals surface area contributed by atoms with Crippen LogP contribution in [0.25, 0.3) is 0 Å². The number of primary amides is 1. The summed E-state index contributed by atoms with van der Waals surface area (Å²) >= 11 is 0. The number of rotatable bonds is 2. The summed E-state index contributed by atoms with van der Waals surface area (Å²) < 4.78 is 0. The van der Waals surface area contributed by atoms with E-state index >= 15 is 0 Å². The van der Waals surface area contributed by atoms with Gasteiger partial charge in [-0.15, -0.1) is 12.4 Å². The molecule has 1 aromatic carbocycles. The number of halogens is 1. The first-order valence-corrected chi connectivity index (χ1v) is 3.80. The zero-order valence-corrected chi connectivity index (χ0v) is 8.54. The molecule has 5 heteroatoms. The number of nitrogens with zero attached hydrogens (tertiary/aromatic N) is 1. The van der Waals surface area contributed by atoms with E-state index in [0.717, 1.165) is 0 Å². The Labute approximate surface area is 88.4 Å². The second-order valence-electron chi connectivity index (χ2n) is 2.66. The lowest BCUT2D eigenvalue weighted by Crippen LogP contribution is -2.10. The topological polar surface area (TPSA) is 81.5 Å². The molecule has 0 spiro atoms. The fourth-order valence-corrected chi connectivity index (χ4v) is 0.904. The van der Waals surface area contributed by atoms with Gasteiger partial charge in [-0.2, -0.15) is 0 Å². The van der Waals surface area contributed by atoms with Gasteiger partial charge in [0.15, 0.2) is 0 Å².